The number of esters is 1. The molecule has 0 bridgehead atoms. The van der Waals surface area contributed by atoms with E-state index in [9.17, 15) is 28.1 Å². The second-order valence-electron chi connectivity index (χ2n) is 6.59. The molecule has 0 aliphatic carbocycles. The summed E-state index contributed by atoms with van der Waals surface area (Å²) in [4.78, 5) is 34.3. The molecule has 0 unspecified atom stereocenters. The number of nitro benzene ring substituents is 1. The monoisotopic (exact) mass is 483 g/mol. The Bertz CT molecular complexity index is 1150. The first-order valence-electron chi connectivity index (χ1n) is 9.27. The number of sulfonamides is 1. The first kappa shape index (κ1) is 23.6. The van der Waals surface area contributed by atoms with Crippen LogP contribution in [0.4, 0.5) is 11.4 Å². The van der Waals surface area contributed by atoms with Crippen LogP contribution in [0.2, 0.25) is 5.02 Å². The van der Waals surface area contributed by atoms with Gasteiger partial charge in [0.15, 0.2) is 6.61 Å². The van der Waals surface area contributed by atoms with Gasteiger partial charge in [-0.2, -0.15) is 4.31 Å². The summed E-state index contributed by atoms with van der Waals surface area (Å²) in [6.45, 7) is 0.275. The molecular formula is C19H18ClN3O8S. The van der Waals surface area contributed by atoms with Gasteiger partial charge in [-0.3, -0.25) is 14.9 Å². The van der Waals surface area contributed by atoms with E-state index < -0.39 is 33.4 Å². The van der Waals surface area contributed by atoms with Crippen LogP contribution in [0.3, 0.4) is 0 Å². The maximum Gasteiger partial charge on any atom is 0.338 e. The lowest BCUT2D eigenvalue weighted by Gasteiger charge is -2.26. The van der Waals surface area contributed by atoms with E-state index in [0.717, 1.165) is 6.07 Å². The van der Waals surface area contributed by atoms with Crippen LogP contribution < -0.4 is 5.32 Å². The molecule has 1 amide bonds. The Morgan fingerprint density at radius 3 is 2.59 bits per heavy atom. The Kier molecular flexibility index (Phi) is 7.40. The van der Waals surface area contributed by atoms with Crippen LogP contribution in [0.25, 0.3) is 0 Å². The van der Waals surface area contributed by atoms with Crippen LogP contribution in [0.15, 0.2) is 47.4 Å². The van der Waals surface area contributed by atoms with Crippen LogP contribution >= 0.6 is 11.6 Å². The average molecular weight is 484 g/mol. The molecule has 3 rings (SSSR count). The van der Waals surface area contributed by atoms with Crippen molar-refractivity contribution in [1.29, 1.82) is 0 Å². The predicted octanol–water partition coefficient (Wildman–Crippen LogP) is 2.06. The predicted molar refractivity (Wildman–Crippen MR) is 113 cm³/mol. The van der Waals surface area contributed by atoms with E-state index in [1.165, 1.54) is 40.7 Å². The Labute approximate surface area is 188 Å². The third-order valence-electron chi connectivity index (χ3n) is 4.45. The van der Waals surface area contributed by atoms with Crippen LogP contribution in [0, 0.1) is 10.1 Å². The SMILES string of the molecule is O=C(COC(=O)c1cccc([N+](=O)[O-])c1)Nc1cc(S(=O)(=O)N2CCOCC2)ccc1Cl. The summed E-state index contributed by atoms with van der Waals surface area (Å²) in [6.07, 6.45) is 0. The Balaban J connectivity index is 1.66. The summed E-state index contributed by atoms with van der Waals surface area (Å²) < 4.78 is 36.9. The number of amides is 1. The molecule has 2 aromatic carbocycles. The maximum atomic E-state index is 12.8. The van der Waals surface area contributed by atoms with Crippen molar-refractivity contribution in [3.05, 3.63) is 63.2 Å². The van der Waals surface area contributed by atoms with Crippen LogP contribution in [0.1, 0.15) is 10.4 Å². The number of benzene rings is 2. The number of morpholine rings is 1. The van der Waals surface area contributed by atoms with Gasteiger partial charge >= 0.3 is 5.97 Å². The quantitative estimate of drug-likeness (QED) is 0.358. The molecule has 1 N–H and O–H groups in total. The van der Waals surface area contributed by atoms with Gasteiger partial charge < -0.3 is 14.8 Å². The molecule has 32 heavy (non-hydrogen) atoms. The highest BCUT2D eigenvalue weighted by atomic mass is 35.5. The Morgan fingerprint density at radius 1 is 1.19 bits per heavy atom. The minimum atomic E-state index is -3.81. The van der Waals surface area contributed by atoms with Crippen molar-refractivity contribution in [2.75, 3.05) is 38.2 Å². The highest BCUT2D eigenvalue weighted by Gasteiger charge is 2.27. The molecule has 11 nitrogen and oxygen atoms in total. The Morgan fingerprint density at radius 2 is 1.91 bits per heavy atom. The molecular weight excluding hydrogens is 466 g/mol. The number of rotatable bonds is 7. The number of carbonyl (C=O) groups excluding carboxylic acids is 2. The summed E-state index contributed by atoms with van der Waals surface area (Å²) in [5, 5.41) is 13.3. The summed E-state index contributed by atoms with van der Waals surface area (Å²) in [5.41, 5.74) is -0.366. The number of carbonyl (C=O) groups is 2. The molecule has 1 aliphatic heterocycles. The van der Waals surface area contributed by atoms with E-state index in [2.05, 4.69) is 5.32 Å². The number of ether oxygens (including phenoxy) is 2. The molecule has 0 saturated carbocycles. The van der Waals surface area contributed by atoms with Gasteiger partial charge in [-0.1, -0.05) is 17.7 Å². The normalized spacial score (nSPS) is 14.5. The molecule has 170 valence electrons. The van der Waals surface area contributed by atoms with Crippen LogP contribution in [-0.2, 0) is 24.3 Å². The fraction of sp³-hybridized carbons (Fsp3) is 0.263. The lowest BCUT2D eigenvalue weighted by atomic mass is 10.2. The molecule has 1 saturated heterocycles. The van der Waals surface area contributed by atoms with Crippen molar-refractivity contribution < 1.29 is 32.4 Å². The topological polar surface area (TPSA) is 145 Å². The summed E-state index contributed by atoms with van der Waals surface area (Å²) >= 11 is 6.07. The van der Waals surface area contributed by atoms with Gasteiger partial charge in [-0.15, -0.1) is 0 Å². The van der Waals surface area contributed by atoms with Crippen molar-refractivity contribution in [2.45, 2.75) is 4.90 Å². The van der Waals surface area contributed by atoms with Crippen LogP contribution in [0.5, 0.6) is 0 Å². The van der Waals surface area contributed by atoms with Gasteiger partial charge in [0, 0.05) is 25.2 Å². The molecule has 0 radical (unpaired) electrons. The zero-order valence-electron chi connectivity index (χ0n) is 16.5. The smallest absolute Gasteiger partial charge is 0.338 e. The molecule has 13 heteroatoms. The fourth-order valence-electron chi connectivity index (χ4n) is 2.84. The van der Waals surface area contributed by atoms with E-state index in [4.69, 9.17) is 21.1 Å². The van der Waals surface area contributed by atoms with Gasteiger partial charge in [0.05, 0.1) is 39.3 Å². The highest BCUT2D eigenvalue weighted by molar-refractivity contribution is 7.89. The van der Waals surface area contributed by atoms with E-state index in [1.807, 2.05) is 0 Å². The third kappa shape index (κ3) is 5.59. The second-order valence-corrected chi connectivity index (χ2v) is 8.93. The maximum absolute atomic E-state index is 12.8. The first-order chi connectivity index (χ1) is 15.2. The number of halogens is 1. The standard InChI is InChI=1S/C19H18ClN3O8S/c20-16-5-4-15(32(28,29)22-6-8-30-9-7-22)11-17(16)21-18(24)12-31-19(25)13-2-1-3-14(10-13)23(26)27/h1-5,10-11H,6-9,12H2,(H,21,24). The van der Waals surface area contributed by atoms with E-state index in [0.29, 0.717) is 0 Å². The molecule has 0 spiro atoms. The summed E-state index contributed by atoms with van der Waals surface area (Å²) in [5.74, 6) is -1.70. The van der Waals surface area contributed by atoms with Gasteiger partial charge in [-0.25, -0.2) is 13.2 Å². The number of nitro groups is 1. The van der Waals surface area contributed by atoms with Crippen molar-refractivity contribution in [3.63, 3.8) is 0 Å². The fourth-order valence-corrected chi connectivity index (χ4v) is 4.44. The number of hydrogen-bond acceptors (Lipinski definition) is 8. The van der Waals surface area contributed by atoms with Gasteiger partial charge in [0.1, 0.15) is 0 Å². The molecule has 1 heterocycles. The minimum absolute atomic E-state index is 0.0254. The van der Waals surface area contributed by atoms with Crippen molar-refractivity contribution in [3.8, 4) is 0 Å². The largest absolute Gasteiger partial charge is 0.452 e. The summed E-state index contributed by atoms with van der Waals surface area (Å²) in [6, 6.07) is 8.73. The van der Waals surface area contributed by atoms with Crippen LogP contribution in [-0.4, -0.2) is 62.4 Å². The van der Waals surface area contributed by atoms with Crippen molar-refractivity contribution >= 4 is 44.9 Å². The first-order valence-corrected chi connectivity index (χ1v) is 11.1. The highest BCUT2D eigenvalue weighted by Crippen LogP contribution is 2.27. The number of nitrogens with one attached hydrogen (secondary N) is 1. The van der Waals surface area contributed by atoms with Crippen molar-refractivity contribution in [2.24, 2.45) is 0 Å². The number of non-ortho nitro benzene ring substituents is 1. The zero-order chi connectivity index (χ0) is 23.3. The third-order valence-corrected chi connectivity index (χ3v) is 6.67. The molecule has 2 aromatic rings. The molecule has 0 aromatic heterocycles. The second kappa shape index (κ2) is 10.0. The lowest BCUT2D eigenvalue weighted by molar-refractivity contribution is -0.384. The number of anilines is 1. The molecule has 1 aliphatic rings. The van der Waals surface area contributed by atoms with Gasteiger partial charge in [-0.05, 0) is 24.3 Å². The number of hydrogen-bond donors (Lipinski definition) is 1. The van der Waals surface area contributed by atoms with E-state index >= 15 is 0 Å². The van der Waals surface area contributed by atoms with Gasteiger partial charge in [0.25, 0.3) is 11.6 Å². The zero-order valence-corrected chi connectivity index (χ0v) is 18.1. The summed E-state index contributed by atoms with van der Waals surface area (Å²) in [7, 11) is -3.81. The lowest BCUT2D eigenvalue weighted by Crippen LogP contribution is -2.40. The van der Waals surface area contributed by atoms with Gasteiger partial charge in [0.2, 0.25) is 10.0 Å². The molecule has 0 atom stereocenters. The van der Waals surface area contributed by atoms with E-state index in [1.54, 1.807) is 0 Å². The average Bonchev–Trinajstić information content (AvgIpc) is 2.79. The number of nitrogens with zero attached hydrogens (tertiary/aromatic N) is 2. The molecule has 1 fully saturated rings. The van der Waals surface area contributed by atoms with E-state index in [-0.39, 0.29) is 53.2 Å². The Hall–Kier alpha value is -3.06. The van der Waals surface area contributed by atoms with Crippen molar-refractivity contribution in [1.82, 2.24) is 4.31 Å². The minimum Gasteiger partial charge on any atom is -0.452 e.